The Morgan fingerprint density at radius 1 is 1.62 bits per heavy atom. The van der Waals surface area contributed by atoms with Crippen LogP contribution in [0.5, 0.6) is 0 Å². The number of aliphatic hydroxyl groups excluding tert-OH is 1. The molecule has 0 saturated carbocycles. The lowest BCUT2D eigenvalue weighted by Crippen LogP contribution is -2.52. The van der Waals surface area contributed by atoms with E-state index < -0.39 is 0 Å². The van der Waals surface area contributed by atoms with Gasteiger partial charge in [-0.15, -0.1) is 0 Å². The SMILES string of the molecule is O=Nc1ccc(N2CCN[C@@H](CO)C2)c[nH+]1. The van der Waals surface area contributed by atoms with E-state index in [9.17, 15) is 4.91 Å². The molecule has 1 aromatic heterocycles. The van der Waals surface area contributed by atoms with E-state index in [4.69, 9.17) is 5.11 Å². The number of hydrogen-bond acceptors (Lipinski definition) is 5. The number of nitrogens with one attached hydrogen (secondary N) is 2. The molecule has 1 atom stereocenters. The van der Waals surface area contributed by atoms with E-state index >= 15 is 0 Å². The van der Waals surface area contributed by atoms with Gasteiger partial charge in [0.25, 0.3) is 0 Å². The van der Waals surface area contributed by atoms with E-state index in [2.05, 4.69) is 20.4 Å². The molecule has 6 heteroatoms. The third-order valence-corrected chi connectivity index (χ3v) is 2.72. The van der Waals surface area contributed by atoms with Crippen LogP contribution in [0, 0.1) is 4.91 Å². The smallest absolute Gasteiger partial charge is 0.372 e. The maximum Gasteiger partial charge on any atom is 0.372 e. The second-order valence-electron chi connectivity index (χ2n) is 3.80. The molecule has 1 fully saturated rings. The molecule has 0 radical (unpaired) electrons. The number of nitroso groups, excluding NO2 is 1. The van der Waals surface area contributed by atoms with Crippen molar-refractivity contribution in [1.82, 2.24) is 5.32 Å². The van der Waals surface area contributed by atoms with E-state index in [1.165, 1.54) is 0 Å². The van der Waals surface area contributed by atoms with E-state index in [-0.39, 0.29) is 12.6 Å². The molecule has 0 aliphatic carbocycles. The summed E-state index contributed by atoms with van der Waals surface area (Å²) < 4.78 is 0. The fraction of sp³-hybridized carbons (Fsp3) is 0.500. The number of aliphatic hydroxyl groups is 1. The predicted octanol–water partition coefficient (Wildman–Crippen LogP) is -0.331. The topological polar surface area (TPSA) is 79.1 Å². The molecule has 0 bridgehead atoms. The number of pyridine rings is 1. The number of piperazine rings is 1. The second kappa shape index (κ2) is 5.00. The van der Waals surface area contributed by atoms with Gasteiger partial charge in [-0.05, 0) is 11.0 Å². The van der Waals surface area contributed by atoms with E-state index in [1.807, 2.05) is 6.07 Å². The average molecular weight is 223 g/mol. The summed E-state index contributed by atoms with van der Waals surface area (Å²) in [6, 6.07) is 3.61. The molecule has 86 valence electrons. The third-order valence-electron chi connectivity index (χ3n) is 2.72. The number of rotatable bonds is 3. The lowest BCUT2D eigenvalue weighted by molar-refractivity contribution is -0.362. The first-order valence-corrected chi connectivity index (χ1v) is 5.28. The van der Waals surface area contributed by atoms with Crippen molar-refractivity contribution in [3.63, 3.8) is 0 Å². The van der Waals surface area contributed by atoms with Crippen LogP contribution >= 0.6 is 0 Å². The van der Waals surface area contributed by atoms with E-state index in [1.54, 1.807) is 12.3 Å². The Bertz CT molecular complexity index is 354. The molecule has 0 unspecified atom stereocenters. The lowest BCUT2D eigenvalue weighted by Gasteiger charge is -2.33. The summed E-state index contributed by atoms with van der Waals surface area (Å²) in [5, 5.41) is 15.1. The minimum Gasteiger partial charge on any atom is -0.395 e. The first kappa shape index (κ1) is 11.0. The Hall–Kier alpha value is -1.53. The number of H-pyrrole nitrogens is 1. The van der Waals surface area contributed by atoms with Crippen LogP contribution in [0.25, 0.3) is 0 Å². The van der Waals surface area contributed by atoms with Crippen molar-refractivity contribution in [2.75, 3.05) is 31.1 Å². The van der Waals surface area contributed by atoms with Crippen molar-refractivity contribution in [1.29, 1.82) is 0 Å². The van der Waals surface area contributed by atoms with Gasteiger partial charge in [-0.1, -0.05) is 0 Å². The summed E-state index contributed by atoms with van der Waals surface area (Å²) >= 11 is 0. The summed E-state index contributed by atoms with van der Waals surface area (Å²) in [6.07, 6.45) is 1.76. The van der Waals surface area contributed by atoms with Gasteiger partial charge in [0.15, 0.2) is 0 Å². The fourth-order valence-corrected chi connectivity index (χ4v) is 1.84. The van der Waals surface area contributed by atoms with Crippen LogP contribution in [0.3, 0.4) is 0 Å². The molecule has 1 aliphatic heterocycles. The van der Waals surface area contributed by atoms with Gasteiger partial charge >= 0.3 is 5.82 Å². The quantitative estimate of drug-likeness (QED) is 0.688. The second-order valence-corrected chi connectivity index (χ2v) is 3.80. The maximum absolute atomic E-state index is 10.3. The fourth-order valence-electron chi connectivity index (χ4n) is 1.84. The largest absolute Gasteiger partial charge is 0.395 e. The zero-order valence-corrected chi connectivity index (χ0v) is 8.89. The van der Waals surface area contributed by atoms with Crippen molar-refractivity contribution in [2.24, 2.45) is 5.18 Å². The molecule has 16 heavy (non-hydrogen) atoms. The van der Waals surface area contributed by atoms with Crippen LogP contribution in [0.15, 0.2) is 23.5 Å². The maximum atomic E-state index is 10.3. The van der Waals surface area contributed by atoms with E-state index in [0.29, 0.717) is 5.82 Å². The summed E-state index contributed by atoms with van der Waals surface area (Å²) in [7, 11) is 0. The van der Waals surface area contributed by atoms with Crippen LogP contribution in [-0.4, -0.2) is 37.4 Å². The van der Waals surface area contributed by atoms with Crippen molar-refractivity contribution in [2.45, 2.75) is 6.04 Å². The number of aromatic amines is 1. The third kappa shape index (κ3) is 2.34. The first-order valence-electron chi connectivity index (χ1n) is 5.28. The Morgan fingerprint density at radius 3 is 3.12 bits per heavy atom. The van der Waals surface area contributed by atoms with Crippen LogP contribution < -0.4 is 15.2 Å². The van der Waals surface area contributed by atoms with Gasteiger partial charge in [-0.25, -0.2) is 4.98 Å². The highest BCUT2D eigenvalue weighted by Crippen LogP contribution is 2.15. The molecule has 1 aromatic rings. The first-order chi connectivity index (χ1) is 7.83. The van der Waals surface area contributed by atoms with Gasteiger partial charge in [0.05, 0.1) is 12.3 Å². The molecular formula is C10H15N4O2+. The Labute approximate surface area is 93.3 Å². The zero-order chi connectivity index (χ0) is 11.4. The Morgan fingerprint density at radius 2 is 2.50 bits per heavy atom. The molecule has 6 nitrogen and oxygen atoms in total. The number of hydrogen-bond donors (Lipinski definition) is 2. The monoisotopic (exact) mass is 223 g/mol. The van der Waals surface area contributed by atoms with Crippen LogP contribution in [0.2, 0.25) is 0 Å². The van der Waals surface area contributed by atoms with Gasteiger partial charge < -0.3 is 15.3 Å². The van der Waals surface area contributed by atoms with Crippen LogP contribution in [-0.2, 0) is 0 Å². The number of anilines is 1. The summed E-state index contributed by atoms with van der Waals surface area (Å²) in [5.41, 5.74) is 1.01. The minimum absolute atomic E-state index is 0.109. The van der Waals surface area contributed by atoms with Crippen molar-refractivity contribution < 1.29 is 10.1 Å². The van der Waals surface area contributed by atoms with Crippen molar-refractivity contribution in [3.8, 4) is 0 Å². The lowest BCUT2D eigenvalue weighted by atomic mass is 10.2. The molecule has 1 aliphatic rings. The van der Waals surface area contributed by atoms with Gasteiger partial charge in [-0.2, -0.15) is 0 Å². The number of aromatic nitrogens is 1. The highest BCUT2D eigenvalue weighted by molar-refractivity contribution is 5.45. The van der Waals surface area contributed by atoms with Gasteiger partial charge in [0, 0.05) is 31.7 Å². The minimum atomic E-state index is 0.109. The van der Waals surface area contributed by atoms with Crippen molar-refractivity contribution >= 4 is 11.5 Å². The Kier molecular flexibility index (Phi) is 3.43. The average Bonchev–Trinajstić information content (AvgIpc) is 2.39. The van der Waals surface area contributed by atoms with E-state index in [0.717, 1.165) is 25.3 Å². The van der Waals surface area contributed by atoms with Crippen molar-refractivity contribution in [3.05, 3.63) is 23.2 Å². The molecule has 2 rings (SSSR count). The molecule has 0 amide bonds. The van der Waals surface area contributed by atoms with Crippen LogP contribution in [0.1, 0.15) is 0 Å². The van der Waals surface area contributed by atoms with Gasteiger partial charge in [0.1, 0.15) is 6.20 Å². The standard InChI is InChI=1S/C10H14N4O2/c15-7-8-6-14(4-3-11-8)9-1-2-10(13-16)12-5-9/h1-2,5,8,11,15H,3-4,6-7H2/p+1/t8-/m1/s1. The van der Waals surface area contributed by atoms with Gasteiger partial charge in [0.2, 0.25) is 5.18 Å². The molecule has 0 spiro atoms. The van der Waals surface area contributed by atoms with Crippen LogP contribution in [0.4, 0.5) is 11.5 Å². The highest BCUT2D eigenvalue weighted by Gasteiger charge is 2.19. The molecule has 0 aromatic carbocycles. The number of nitrogens with zero attached hydrogens (tertiary/aromatic N) is 2. The summed E-state index contributed by atoms with van der Waals surface area (Å²) in [6.45, 7) is 2.63. The summed E-state index contributed by atoms with van der Waals surface area (Å²) in [4.78, 5) is 15.2. The highest BCUT2D eigenvalue weighted by atomic mass is 16.3. The Balaban J connectivity index is 2.07. The molecular weight excluding hydrogens is 208 g/mol. The van der Waals surface area contributed by atoms with Gasteiger partial charge in [-0.3, -0.25) is 0 Å². The summed E-state index contributed by atoms with van der Waals surface area (Å²) in [5.74, 6) is 0.317. The normalized spacial score (nSPS) is 20.8. The zero-order valence-electron chi connectivity index (χ0n) is 8.89. The molecule has 1 saturated heterocycles. The molecule has 3 N–H and O–H groups in total. The molecule has 2 heterocycles. The predicted molar refractivity (Wildman–Crippen MR) is 59.5 cm³/mol.